The first kappa shape index (κ1) is 32.5. The third kappa shape index (κ3) is 8.07. The highest BCUT2D eigenvalue weighted by Crippen LogP contribution is 2.44. The summed E-state index contributed by atoms with van der Waals surface area (Å²) in [7, 11) is 4.09. The normalized spacial score (nSPS) is 15.8. The Bertz CT molecular complexity index is 1350. The fourth-order valence-electron chi connectivity index (χ4n) is 5.04. The Morgan fingerprint density at radius 2 is 1.48 bits per heavy atom. The van der Waals surface area contributed by atoms with E-state index in [4.69, 9.17) is 4.74 Å². The zero-order valence-corrected chi connectivity index (χ0v) is 25.9. The van der Waals surface area contributed by atoms with Crippen LogP contribution in [0.4, 0.5) is 5.69 Å². The molecule has 1 N–H and O–H groups in total. The summed E-state index contributed by atoms with van der Waals surface area (Å²) in [5.41, 5.74) is 5.78. The van der Waals surface area contributed by atoms with Crippen molar-refractivity contribution in [3.8, 4) is 0 Å². The van der Waals surface area contributed by atoms with Gasteiger partial charge in [0.15, 0.2) is 5.78 Å². The number of hydrogen-bond donors (Lipinski definition) is 1. The summed E-state index contributed by atoms with van der Waals surface area (Å²) in [6.07, 6.45) is 0.480. The minimum absolute atomic E-state index is 0.0675. The van der Waals surface area contributed by atoms with Crippen LogP contribution in [0.25, 0.3) is 0 Å². The highest BCUT2D eigenvalue weighted by Gasteiger charge is 2.39. The number of carbonyl (C=O) groups excluding carboxylic acids is 3. The second-order valence-electron chi connectivity index (χ2n) is 10.9. The van der Waals surface area contributed by atoms with Gasteiger partial charge in [-0.15, -0.1) is 0 Å². The molecule has 0 saturated heterocycles. The fourth-order valence-corrected chi connectivity index (χ4v) is 5.04. The van der Waals surface area contributed by atoms with Crippen molar-refractivity contribution in [2.75, 3.05) is 32.6 Å². The van der Waals surface area contributed by atoms with Crippen LogP contribution < -0.4 is 5.32 Å². The van der Waals surface area contributed by atoms with E-state index in [0.717, 1.165) is 17.7 Å². The van der Waals surface area contributed by atoms with Gasteiger partial charge in [-0.1, -0.05) is 75.4 Å². The van der Waals surface area contributed by atoms with Crippen molar-refractivity contribution < 1.29 is 23.9 Å². The number of anilines is 1. The van der Waals surface area contributed by atoms with Crippen molar-refractivity contribution in [1.82, 2.24) is 4.90 Å². The number of nitrogens with one attached hydrogen (secondary N) is 1. The van der Waals surface area contributed by atoms with E-state index in [0.29, 0.717) is 35.8 Å². The van der Waals surface area contributed by atoms with E-state index in [2.05, 4.69) is 65.2 Å². The zero-order chi connectivity index (χ0) is 30.8. The SMILES string of the molecule is CCOC(=O)CC.CCOC(=O)c1cccc2c1C(=O)C(c1ccc(C(C)C)cc1)C(c1ccc(CN(C)C)cc1)N2. The van der Waals surface area contributed by atoms with Crippen molar-refractivity contribution in [2.45, 2.75) is 65.5 Å². The van der Waals surface area contributed by atoms with Crippen LogP contribution in [0.5, 0.6) is 0 Å². The molecule has 42 heavy (non-hydrogen) atoms. The van der Waals surface area contributed by atoms with Gasteiger partial charge in [0.05, 0.1) is 36.3 Å². The van der Waals surface area contributed by atoms with Crippen molar-refractivity contribution in [2.24, 2.45) is 0 Å². The fraction of sp³-hybridized carbons (Fsp3) is 0.400. The number of ketones is 1. The van der Waals surface area contributed by atoms with Gasteiger partial charge >= 0.3 is 11.9 Å². The number of ether oxygens (including phenoxy) is 2. The topological polar surface area (TPSA) is 84.9 Å². The van der Waals surface area contributed by atoms with Crippen molar-refractivity contribution in [3.05, 3.63) is 100 Å². The van der Waals surface area contributed by atoms with E-state index >= 15 is 0 Å². The molecule has 0 spiro atoms. The quantitative estimate of drug-likeness (QED) is 0.273. The van der Waals surface area contributed by atoms with Crippen LogP contribution >= 0.6 is 0 Å². The molecule has 0 saturated carbocycles. The average molecular weight is 573 g/mol. The number of benzene rings is 3. The largest absolute Gasteiger partial charge is 0.466 e. The molecular weight excluding hydrogens is 528 g/mol. The van der Waals surface area contributed by atoms with Crippen molar-refractivity contribution >= 4 is 23.4 Å². The molecule has 0 amide bonds. The maximum absolute atomic E-state index is 14.1. The Kier molecular flexibility index (Phi) is 11.9. The molecule has 224 valence electrons. The lowest BCUT2D eigenvalue weighted by Crippen LogP contribution is -2.33. The van der Waals surface area contributed by atoms with E-state index in [1.807, 2.05) is 32.3 Å². The maximum Gasteiger partial charge on any atom is 0.338 e. The monoisotopic (exact) mass is 572 g/mol. The van der Waals surface area contributed by atoms with Gasteiger partial charge in [-0.25, -0.2) is 4.79 Å². The molecule has 1 aliphatic rings. The van der Waals surface area contributed by atoms with E-state index in [-0.39, 0.29) is 24.4 Å². The molecule has 1 aliphatic heterocycles. The first-order chi connectivity index (χ1) is 20.1. The summed E-state index contributed by atoms with van der Waals surface area (Å²) >= 11 is 0. The number of esters is 2. The predicted molar refractivity (Wildman–Crippen MR) is 167 cm³/mol. The maximum atomic E-state index is 14.1. The summed E-state index contributed by atoms with van der Waals surface area (Å²) in [6.45, 7) is 11.3. The lowest BCUT2D eigenvalue weighted by molar-refractivity contribution is -0.142. The smallest absolute Gasteiger partial charge is 0.338 e. The number of hydrogen-bond acceptors (Lipinski definition) is 7. The van der Waals surface area contributed by atoms with Gasteiger partial charge < -0.3 is 19.7 Å². The minimum atomic E-state index is -0.473. The van der Waals surface area contributed by atoms with Crippen LogP contribution in [-0.4, -0.2) is 49.9 Å². The lowest BCUT2D eigenvalue weighted by Gasteiger charge is -2.35. The molecule has 0 fully saturated rings. The molecule has 3 aromatic rings. The molecule has 3 aromatic carbocycles. The van der Waals surface area contributed by atoms with Gasteiger partial charge in [-0.2, -0.15) is 0 Å². The molecular formula is C35H44N2O5. The van der Waals surface area contributed by atoms with E-state index < -0.39 is 11.9 Å². The number of nitrogens with zero attached hydrogens (tertiary/aromatic N) is 1. The van der Waals surface area contributed by atoms with Crippen LogP contribution in [0.1, 0.15) is 102 Å². The second-order valence-corrected chi connectivity index (χ2v) is 10.9. The highest BCUT2D eigenvalue weighted by molar-refractivity contribution is 6.14. The van der Waals surface area contributed by atoms with Crippen molar-refractivity contribution in [1.29, 1.82) is 0 Å². The van der Waals surface area contributed by atoms with Gasteiger partial charge in [0.1, 0.15) is 0 Å². The molecule has 7 heteroatoms. The van der Waals surface area contributed by atoms with Crippen LogP contribution in [0.3, 0.4) is 0 Å². The molecule has 4 rings (SSSR count). The number of Topliss-reactive ketones (excluding diaryl/α,β-unsaturated/α-hetero) is 1. The molecule has 0 aliphatic carbocycles. The highest BCUT2D eigenvalue weighted by atomic mass is 16.5. The minimum Gasteiger partial charge on any atom is -0.466 e. The summed E-state index contributed by atoms with van der Waals surface area (Å²) < 4.78 is 9.81. The van der Waals surface area contributed by atoms with Crippen LogP contribution in [-0.2, 0) is 20.8 Å². The molecule has 0 aromatic heterocycles. The third-order valence-corrected chi connectivity index (χ3v) is 7.13. The Hall–Kier alpha value is -3.97. The standard InChI is InChI=1S/C30H34N2O3.C5H10O2/c1-6-35-30(34)24-8-7-9-25-27(24)29(33)26(22-16-14-21(15-17-22)19(2)3)28(31-25)23-12-10-20(11-13-23)18-32(4)5;1-3-5(6)7-4-2/h7-17,19,26,28,31H,6,18H2,1-5H3;3-4H2,1-2H3. The Morgan fingerprint density at radius 3 is 2.00 bits per heavy atom. The third-order valence-electron chi connectivity index (χ3n) is 7.13. The second kappa shape index (κ2) is 15.3. The van der Waals surface area contributed by atoms with Gasteiger partial charge in [0.2, 0.25) is 0 Å². The van der Waals surface area contributed by atoms with E-state index in [9.17, 15) is 14.4 Å². The molecule has 7 nitrogen and oxygen atoms in total. The van der Waals surface area contributed by atoms with Gasteiger partial charge in [0.25, 0.3) is 0 Å². The number of fused-ring (bicyclic) bond motifs is 1. The Morgan fingerprint density at radius 1 is 0.857 bits per heavy atom. The summed E-state index contributed by atoms with van der Waals surface area (Å²) in [4.78, 5) is 39.1. The van der Waals surface area contributed by atoms with Gasteiger partial charge in [0, 0.05) is 18.7 Å². The van der Waals surface area contributed by atoms with Gasteiger partial charge in [-0.05, 0) is 68.2 Å². The Balaban J connectivity index is 0.000000616. The van der Waals surface area contributed by atoms with Crippen LogP contribution in [0, 0.1) is 0 Å². The Labute approximate surface area is 250 Å². The molecule has 0 bridgehead atoms. The lowest BCUT2D eigenvalue weighted by atomic mass is 9.76. The number of rotatable bonds is 9. The zero-order valence-electron chi connectivity index (χ0n) is 25.9. The van der Waals surface area contributed by atoms with E-state index in [1.54, 1.807) is 32.9 Å². The molecule has 0 radical (unpaired) electrons. The van der Waals surface area contributed by atoms with Crippen LogP contribution in [0.15, 0.2) is 66.7 Å². The molecule has 2 atom stereocenters. The summed E-state index contributed by atoms with van der Waals surface area (Å²) in [6, 6.07) is 21.8. The molecule has 1 heterocycles. The van der Waals surface area contributed by atoms with Gasteiger partial charge in [-0.3, -0.25) is 9.59 Å². The first-order valence-corrected chi connectivity index (χ1v) is 14.7. The first-order valence-electron chi connectivity index (χ1n) is 14.7. The van der Waals surface area contributed by atoms with Crippen molar-refractivity contribution in [3.63, 3.8) is 0 Å². The predicted octanol–water partition coefficient (Wildman–Crippen LogP) is 7.14. The summed E-state index contributed by atoms with van der Waals surface area (Å²) in [5, 5.41) is 3.59. The average Bonchev–Trinajstić information content (AvgIpc) is 2.97. The summed E-state index contributed by atoms with van der Waals surface area (Å²) in [5.74, 6) is -0.733. The van der Waals surface area contributed by atoms with E-state index in [1.165, 1.54) is 11.1 Å². The van der Waals surface area contributed by atoms with Crippen LogP contribution in [0.2, 0.25) is 0 Å². The molecule has 2 unspecified atom stereocenters. The number of carbonyl (C=O) groups is 3.